The standard InChI is InChI=1S/C19H26N4O3S/c1-4-10-23-13-16(14(2)21-23)19(24)22-11-7-15(8-12-22)18-17(27(3,25)26)6-5-9-20-18/h5-6,9,13,15H,4,7-8,10-12H2,1-3H3. The number of nitrogens with zero attached hydrogens (tertiary/aromatic N) is 4. The van der Waals surface area contributed by atoms with Crippen LogP contribution in [0.15, 0.2) is 29.4 Å². The molecular weight excluding hydrogens is 364 g/mol. The van der Waals surface area contributed by atoms with Crippen molar-refractivity contribution in [3.05, 3.63) is 41.5 Å². The van der Waals surface area contributed by atoms with Crippen LogP contribution in [0.3, 0.4) is 0 Å². The molecule has 146 valence electrons. The highest BCUT2D eigenvalue weighted by atomic mass is 32.2. The van der Waals surface area contributed by atoms with Gasteiger partial charge in [-0.1, -0.05) is 6.92 Å². The van der Waals surface area contributed by atoms with Crippen LogP contribution in [0.2, 0.25) is 0 Å². The van der Waals surface area contributed by atoms with Crippen LogP contribution < -0.4 is 0 Å². The Morgan fingerprint density at radius 3 is 2.63 bits per heavy atom. The lowest BCUT2D eigenvalue weighted by Gasteiger charge is -2.32. The molecular formula is C19H26N4O3S. The lowest BCUT2D eigenvalue weighted by Crippen LogP contribution is -2.38. The number of aromatic nitrogens is 3. The molecule has 0 atom stereocenters. The largest absolute Gasteiger partial charge is 0.338 e. The molecule has 2 aromatic rings. The summed E-state index contributed by atoms with van der Waals surface area (Å²) >= 11 is 0. The van der Waals surface area contributed by atoms with E-state index in [0.717, 1.165) is 18.7 Å². The maximum Gasteiger partial charge on any atom is 0.257 e. The second-order valence-electron chi connectivity index (χ2n) is 7.12. The first-order valence-electron chi connectivity index (χ1n) is 9.29. The zero-order chi connectivity index (χ0) is 19.6. The highest BCUT2D eigenvalue weighted by molar-refractivity contribution is 7.90. The Hall–Kier alpha value is -2.22. The van der Waals surface area contributed by atoms with E-state index >= 15 is 0 Å². The number of hydrogen-bond donors (Lipinski definition) is 0. The summed E-state index contributed by atoms with van der Waals surface area (Å²) in [5, 5.41) is 4.41. The fraction of sp³-hybridized carbons (Fsp3) is 0.526. The first-order chi connectivity index (χ1) is 12.8. The fourth-order valence-corrected chi connectivity index (χ4v) is 4.55. The molecule has 3 rings (SSSR count). The highest BCUT2D eigenvalue weighted by Crippen LogP contribution is 2.31. The topological polar surface area (TPSA) is 85.2 Å². The van der Waals surface area contributed by atoms with Crippen molar-refractivity contribution in [1.29, 1.82) is 0 Å². The van der Waals surface area contributed by atoms with E-state index in [9.17, 15) is 13.2 Å². The number of rotatable bonds is 5. The van der Waals surface area contributed by atoms with Crippen LogP contribution in [0.25, 0.3) is 0 Å². The Bertz CT molecular complexity index is 928. The zero-order valence-electron chi connectivity index (χ0n) is 16.1. The molecule has 0 unspecified atom stereocenters. The molecule has 1 aliphatic rings. The van der Waals surface area contributed by atoms with Gasteiger partial charge in [0.15, 0.2) is 9.84 Å². The maximum absolute atomic E-state index is 12.9. The maximum atomic E-state index is 12.9. The molecule has 8 heteroatoms. The number of aryl methyl sites for hydroxylation is 2. The van der Waals surface area contributed by atoms with Crippen LogP contribution in [0, 0.1) is 6.92 Å². The van der Waals surface area contributed by atoms with Crippen LogP contribution in [-0.2, 0) is 16.4 Å². The summed E-state index contributed by atoms with van der Waals surface area (Å²) in [7, 11) is -3.32. The van der Waals surface area contributed by atoms with Crippen molar-refractivity contribution in [2.45, 2.75) is 50.5 Å². The molecule has 0 saturated carbocycles. The predicted octanol–water partition coefficient (Wildman–Crippen LogP) is 2.42. The van der Waals surface area contributed by atoms with Crippen molar-refractivity contribution in [2.75, 3.05) is 19.3 Å². The normalized spacial score (nSPS) is 15.9. The molecule has 7 nitrogen and oxygen atoms in total. The Kier molecular flexibility index (Phi) is 5.64. The van der Waals surface area contributed by atoms with Gasteiger partial charge < -0.3 is 4.90 Å². The summed E-state index contributed by atoms with van der Waals surface area (Å²) < 4.78 is 25.9. The first-order valence-corrected chi connectivity index (χ1v) is 11.2. The van der Waals surface area contributed by atoms with Gasteiger partial charge >= 0.3 is 0 Å². The predicted molar refractivity (Wildman–Crippen MR) is 102 cm³/mol. The first kappa shape index (κ1) is 19.5. The molecule has 0 spiro atoms. The molecule has 0 N–H and O–H groups in total. The summed E-state index contributed by atoms with van der Waals surface area (Å²) in [5.74, 6) is 0.0431. The van der Waals surface area contributed by atoms with Gasteiger partial charge in [-0.3, -0.25) is 14.5 Å². The van der Waals surface area contributed by atoms with Crippen molar-refractivity contribution < 1.29 is 13.2 Å². The van der Waals surface area contributed by atoms with E-state index in [1.165, 1.54) is 6.26 Å². The van der Waals surface area contributed by atoms with E-state index < -0.39 is 9.84 Å². The fourth-order valence-electron chi connectivity index (χ4n) is 3.62. The number of pyridine rings is 1. The van der Waals surface area contributed by atoms with E-state index in [0.29, 0.717) is 42.1 Å². The average molecular weight is 391 g/mol. The Labute approximate surface area is 160 Å². The van der Waals surface area contributed by atoms with Crippen LogP contribution in [0.5, 0.6) is 0 Å². The molecule has 0 aromatic carbocycles. The minimum absolute atomic E-state index is 0.00217. The molecule has 1 amide bonds. The number of carbonyl (C=O) groups excluding carboxylic acids is 1. The van der Waals surface area contributed by atoms with Gasteiger partial charge in [0, 0.05) is 44.2 Å². The Morgan fingerprint density at radius 1 is 1.30 bits per heavy atom. The Morgan fingerprint density at radius 2 is 2.00 bits per heavy atom. The van der Waals surface area contributed by atoms with Gasteiger partial charge in [0.05, 0.1) is 21.8 Å². The van der Waals surface area contributed by atoms with Gasteiger partial charge in [-0.05, 0) is 38.3 Å². The third kappa shape index (κ3) is 4.21. The molecule has 0 bridgehead atoms. The number of hydrogen-bond acceptors (Lipinski definition) is 5. The minimum Gasteiger partial charge on any atom is -0.338 e. The second kappa shape index (κ2) is 7.80. The lowest BCUT2D eigenvalue weighted by atomic mass is 9.92. The smallest absolute Gasteiger partial charge is 0.257 e. The third-order valence-electron chi connectivity index (χ3n) is 5.00. The molecule has 0 aliphatic carbocycles. The van der Waals surface area contributed by atoms with Gasteiger partial charge in [0.2, 0.25) is 0 Å². The molecule has 1 aliphatic heterocycles. The number of likely N-dealkylation sites (tertiary alicyclic amines) is 1. The number of amides is 1. The zero-order valence-corrected chi connectivity index (χ0v) is 16.9. The molecule has 0 radical (unpaired) electrons. The third-order valence-corrected chi connectivity index (χ3v) is 6.14. The van der Waals surface area contributed by atoms with E-state index in [-0.39, 0.29) is 11.8 Å². The summed E-state index contributed by atoms with van der Waals surface area (Å²) in [4.78, 5) is 19.3. The van der Waals surface area contributed by atoms with Gasteiger partial charge in [0.1, 0.15) is 0 Å². The van der Waals surface area contributed by atoms with Crippen LogP contribution in [0.1, 0.15) is 53.8 Å². The van der Waals surface area contributed by atoms with Gasteiger partial charge in [-0.15, -0.1) is 0 Å². The highest BCUT2D eigenvalue weighted by Gasteiger charge is 2.29. The quantitative estimate of drug-likeness (QED) is 0.783. The van der Waals surface area contributed by atoms with E-state index in [4.69, 9.17) is 0 Å². The second-order valence-corrected chi connectivity index (χ2v) is 9.10. The van der Waals surface area contributed by atoms with Crippen molar-refractivity contribution in [3.8, 4) is 0 Å². The van der Waals surface area contributed by atoms with Crippen LogP contribution >= 0.6 is 0 Å². The molecule has 3 heterocycles. The molecule has 2 aromatic heterocycles. The van der Waals surface area contributed by atoms with E-state index in [2.05, 4.69) is 17.0 Å². The minimum atomic E-state index is -3.32. The molecule has 27 heavy (non-hydrogen) atoms. The van der Waals surface area contributed by atoms with Gasteiger partial charge in [-0.2, -0.15) is 5.10 Å². The number of carbonyl (C=O) groups is 1. The van der Waals surface area contributed by atoms with E-state index in [1.54, 1.807) is 18.3 Å². The lowest BCUT2D eigenvalue weighted by molar-refractivity contribution is 0.0710. The molecule has 1 fully saturated rings. The number of piperidine rings is 1. The molecule has 1 saturated heterocycles. The van der Waals surface area contributed by atoms with Crippen molar-refractivity contribution >= 4 is 15.7 Å². The summed E-state index contributed by atoms with van der Waals surface area (Å²) in [6.07, 6.45) is 7.04. The van der Waals surface area contributed by atoms with Crippen molar-refractivity contribution in [1.82, 2.24) is 19.7 Å². The van der Waals surface area contributed by atoms with Crippen LogP contribution in [0.4, 0.5) is 0 Å². The van der Waals surface area contributed by atoms with Gasteiger partial charge in [-0.25, -0.2) is 8.42 Å². The number of sulfone groups is 1. The SMILES string of the molecule is CCCn1cc(C(=O)N2CCC(c3ncccc3S(C)(=O)=O)CC2)c(C)n1. The van der Waals surface area contributed by atoms with E-state index in [1.807, 2.05) is 22.7 Å². The Balaban J connectivity index is 1.72. The van der Waals surface area contributed by atoms with Crippen LogP contribution in [-0.4, -0.2) is 53.3 Å². The average Bonchev–Trinajstić information content (AvgIpc) is 3.01. The van der Waals surface area contributed by atoms with Gasteiger partial charge in [0.25, 0.3) is 5.91 Å². The van der Waals surface area contributed by atoms with Crippen molar-refractivity contribution in [2.24, 2.45) is 0 Å². The summed E-state index contributed by atoms with van der Waals surface area (Å²) in [6, 6.07) is 3.26. The monoisotopic (exact) mass is 390 g/mol. The summed E-state index contributed by atoms with van der Waals surface area (Å²) in [6.45, 7) is 5.90. The van der Waals surface area contributed by atoms with Crippen molar-refractivity contribution in [3.63, 3.8) is 0 Å². The summed E-state index contributed by atoms with van der Waals surface area (Å²) in [5.41, 5.74) is 2.02.